The third kappa shape index (κ3) is 4.81. The highest BCUT2D eigenvalue weighted by Crippen LogP contribution is 2.34. The van der Waals surface area contributed by atoms with E-state index in [-0.39, 0.29) is 27.9 Å². The van der Waals surface area contributed by atoms with E-state index in [1.54, 1.807) is 12.1 Å². The van der Waals surface area contributed by atoms with Crippen LogP contribution in [0.3, 0.4) is 0 Å². The Bertz CT molecular complexity index is 1130. The van der Waals surface area contributed by atoms with Crippen molar-refractivity contribution >= 4 is 34.3 Å². The number of carbonyl (C=O) groups is 1. The van der Waals surface area contributed by atoms with Crippen molar-refractivity contribution in [1.29, 1.82) is 0 Å². The Kier molecular flexibility index (Phi) is 6.54. The fourth-order valence-electron chi connectivity index (χ4n) is 3.49. The molecule has 1 amide bonds. The maximum absolute atomic E-state index is 13.6. The molecule has 1 fully saturated rings. The first-order valence-corrected chi connectivity index (χ1v) is 11.1. The number of amides is 1. The zero-order valence-electron chi connectivity index (χ0n) is 17.6. The molecule has 172 valence electrons. The summed E-state index contributed by atoms with van der Waals surface area (Å²) in [5, 5.41) is 10.4. The molecule has 8 nitrogen and oxygen atoms in total. The largest absolute Gasteiger partial charge is 0.452 e. The van der Waals surface area contributed by atoms with Crippen LogP contribution in [0.1, 0.15) is 30.0 Å². The zero-order chi connectivity index (χ0) is 22.9. The highest BCUT2D eigenvalue weighted by atomic mass is 32.2. The number of aromatic nitrogens is 4. The van der Waals surface area contributed by atoms with Gasteiger partial charge in [0.2, 0.25) is 5.82 Å². The lowest BCUT2D eigenvalue weighted by Gasteiger charge is -2.26. The van der Waals surface area contributed by atoms with E-state index in [9.17, 15) is 18.0 Å². The minimum atomic E-state index is -4.70. The van der Waals surface area contributed by atoms with Crippen molar-refractivity contribution in [2.24, 2.45) is 0 Å². The van der Waals surface area contributed by atoms with Gasteiger partial charge in [-0.1, -0.05) is 25.6 Å². The lowest BCUT2D eigenvalue weighted by atomic mass is 10.1. The van der Waals surface area contributed by atoms with E-state index in [0.717, 1.165) is 17.5 Å². The molecular weight excluding hydrogens is 445 g/mol. The molecule has 1 saturated heterocycles. The summed E-state index contributed by atoms with van der Waals surface area (Å²) in [6, 6.07) is 4.52. The normalized spacial score (nSPS) is 15.7. The van der Waals surface area contributed by atoms with Crippen molar-refractivity contribution < 1.29 is 22.7 Å². The smallest absolute Gasteiger partial charge is 0.379 e. The second-order valence-corrected chi connectivity index (χ2v) is 9.24. The maximum atomic E-state index is 13.6. The lowest BCUT2D eigenvalue weighted by Crippen LogP contribution is -2.41. The van der Waals surface area contributed by atoms with Crippen LogP contribution in [-0.2, 0) is 10.9 Å². The first kappa shape index (κ1) is 22.7. The number of rotatable bonds is 6. The number of fused-ring (bicyclic) bond motifs is 3. The lowest BCUT2D eigenvalue weighted by molar-refractivity contribution is -0.145. The van der Waals surface area contributed by atoms with Crippen molar-refractivity contribution in [3.8, 4) is 0 Å². The number of morpholine rings is 1. The van der Waals surface area contributed by atoms with Crippen molar-refractivity contribution in [3.05, 3.63) is 29.6 Å². The van der Waals surface area contributed by atoms with E-state index in [1.165, 1.54) is 17.8 Å². The molecule has 1 aliphatic heterocycles. The number of nitrogens with one attached hydrogen (secondary N) is 1. The van der Waals surface area contributed by atoms with Crippen molar-refractivity contribution in [2.75, 3.05) is 39.4 Å². The van der Waals surface area contributed by atoms with Crippen LogP contribution in [-0.4, -0.2) is 75.0 Å². The quantitative estimate of drug-likeness (QED) is 0.557. The Hall–Kier alpha value is -2.44. The molecule has 3 heterocycles. The Labute approximate surface area is 186 Å². The molecule has 0 aliphatic carbocycles. The summed E-state index contributed by atoms with van der Waals surface area (Å²) in [4.78, 5) is 19.3. The first-order valence-electron chi connectivity index (χ1n) is 10.2. The fourth-order valence-corrected chi connectivity index (χ4v) is 4.32. The van der Waals surface area contributed by atoms with Gasteiger partial charge in [-0.25, -0.2) is 4.98 Å². The van der Waals surface area contributed by atoms with Gasteiger partial charge in [-0.15, -0.1) is 10.2 Å². The number of hydrogen-bond donors (Lipinski definition) is 1. The summed E-state index contributed by atoms with van der Waals surface area (Å²) in [5.41, 5.74) is 0.726. The number of thioether (sulfide) groups is 1. The van der Waals surface area contributed by atoms with E-state index < -0.39 is 12.0 Å². The molecule has 0 unspecified atom stereocenters. The molecule has 1 aromatic carbocycles. The minimum absolute atomic E-state index is 0.0217. The van der Waals surface area contributed by atoms with E-state index in [2.05, 4.69) is 25.4 Å². The molecule has 0 saturated carbocycles. The number of benzene rings is 1. The van der Waals surface area contributed by atoms with E-state index >= 15 is 0 Å². The maximum Gasteiger partial charge on any atom is 0.452 e. The average Bonchev–Trinajstić information content (AvgIpc) is 3.20. The topological polar surface area (TPSA) is 84.7 Å². The third-order valence-corrected chi connectivity index (χ3v) is 5.94. The van der Waals surface area contributed by atoms with Gasteiger partial charge < -0.3 is 10.1 Å². The molecule has 0 spiro atoms. The third-order valence-electron chi connectivity index (χ3n) is 4.97. The summed E-state index contributed by atoms with van der Waals surface area (Å²) in [7, 11) is 0. The van der Waals surface area contributed by atoms with Gasteiger partial charge in [0.1, 0.15) is 5.03 Å². The van der Waals surface area contributed by atoms with Gasteiger partial charge in [0.15, 0.2) is 5.65 Å². The molecule has 1 aliphatic rings. The molecular formula is C20H23F3N6O2S. The molecule has 12 heteroatoms. The van der Waals surface area contributed by atoms with Gasteiger partial charge in [0, 0.05) is 37.0 Å². The Balaban J connectivity index is 1.66. The van der Waals surface area contributed by atoms with E-state index in [4.69, 9.17) is 4.74 Å². The first-order chi connectivity index (χ1) is 15.2. The molecule has 32 heavy (non-hydrogen) atoms. The summed E-state index contributed by atoms with van der Waals surface area (Å²) in [5.74, 6) is -1.51. The number of ether oxygens (including phenoxy) is 1. The fraction of sp³-hybridized carbons (Fsp3) is 0.500. The van der Waals surface area contributed by atoms with Crippen LogP contribution in [0.2, 0.25) is 0 Å². The van der Waals surface area contributed by atoms with Crippen molar-refractivity contribution in [3.63, 3.8) is 0 Å². The summed E-state index contributed by atoms with van der Waals surface area (Å²) in [6.07, 6.45) is -4.70. The molecule has 4 rings (SSSR count). The predicted octanol–water partition coefficient (Wildman–Crippen LogP) is 2.86. The predicted molar refractivity (Wildman–Crippen MR) is 114 cm³/mol. The standard InChI is InChI=1S/C20H23F3N6O2S/c1-12(2)32-18-16-26-27-19(20(21,22)23)29(16)15-11-13(3-4-14(15)25-18)17(30)24-5-6-28-7-9-31-10-8-28/h3-4,11-12H,5-10H2,1-2H3,(H,24,30). The van der Waals surface area contributed by atoms with Crippen LogP contribution < -0.4 is 5.32 Å². The van der Waals surface area contributed by atoms with Crippen LogP contribution in [0.4, 0.5) is 13.2 Å². The number of nitrogens with zero attached hydrogens (tertiary/aromatic N) is 5. The summed E-state index contributed by atoms with van der Waals surface area (Å²) >= 11 is 1.31. The van der Waals surface area contributed by atoms with Gasteiger partial charge in [0.05, 0.1) is 24.2 Å². The van der Waals surface area contributed by atoms with Crippen LogP contribution in [0, 0.1) is 0 Å². The summed E-state index contributed by atoms with van der Waals surface area (Å²) < 4.78 is 47.1. The van der Waals surface area contributed by atoms with Gasteiger partial charge in [-0.2, -0.15) is 13.2 Å². The van der Waals surface area contributed by atoms with E-state index in [0.29, 0.717) is 36.8 Å². The van der Waals surface area contributed by atoms with Gasteiger partial charge >= 0.3 is 6.18 Å². The Morgan fingerprint density at radius 1 is 1.25 bits per heavy atom. The van der Waals surface area contributed by atoms with Gasteiger partial charge in [-0.05, 0) is 18.2 Å². The highest BCUT2D eigenvalue weighted by molar-refractivity contribution is 8.00. The second kappa shape index (κ2) is 9.20. The number of hydrogen-bond acceptors (Lipinski definition) is 7. The second-order valence-electron chi connectivity index (χ2n) is 7.68. The number of alkyl halides is 3. The van der Waals surface area contributed by atoms with Gasteiger partial charge in [-0.3, -0.25) is 14.1 Å². The Morgan fingerprint density at radius 2 is 2.00 bits per heavy atom. The average molecular weight is 469 g/mol. The molecule has 2 aromatic heterocycles. The minimum Gasteiger partial charge on any atom is -0.379 e. The monoisotopic (exact) mass is 468 g/mol. The SMILES string of the molecule is CC(C)Sc1nc2ccc(C(=O)NCCN3CCOCC3)cc2n2c(C(F)(F)F)nnc12. The molecule has 1 N–H and O–H groups in total. The van der Waals surface area contributed by atoms with Crippen LogP contribution in [0.25, 0.3) is 16.7 Å². The van der Waals surface area contributed by atoms with Crippen molar-refractivity contribution in [2.45, 2.75) is 30.3 Å². The van der Waals surface area contributed by atoms with Gasteiger partial charge in [0.25, 0.3) is 5.91 Å². The zero-order valence-corrected chi connectivity index (χ0v) is 18.5. The highest BCUT2D eigenvalue weighted by Gasteiger charge is 2.38. The molecule has 0 radical (unpaired) electrons. The van der Waals surface area contributed by atoms with Crippen LogP contribution >= 0.6 is 11.8 Å². The number of carbonyl (C=O) groups excluding carboxylic acids is 1. The van der Waals surface area contributed by atoms with Crippen molar-refractivity contribution in [1.82, 2.24) is 29.8 Å². The molecule has 0 bridgehead atoms. The Morgan fingerprint density at radius 3 is 2.69 bits per heavy atom. The molecule has 3 aromatic rings. The number of halogens is 3. The molecule has 0 atom stereocenters. The van der Waals surface area contributed by atoms with Crippen LogP contribution in [0.15, 0.2) is 23.2 Å². The van der Waals surface area contributed by atoms with E-state index in [1.807, 2.05) is 13.8 Å². The summed E-state index contributed by atoms with van der Waals surface area (Å²) in [6.45, 7) is 7.87. The van der Waals surface area contributed by atoms with Crippen LogP contribution in [0.5, 0.6) is 0 Å².